The number of benzene rings is 2. The smallest absolute Gasteiger partial charge is 0.123 e. The zero-order chi connectivity index (χ0) is 21.8. The molecule has 4 aromatic rings. The molecule has 6 heteroatoms. The molecule has 3 heterocycles. The van der Waals surface area contributed by atoms with Gasteiger partial charge in [0.2, 0.25) is 0 Å². The lowest BCUT2D eigenvalue weighted by atomic mass is 10.1. The third-order valence-corrected chi connectivity index (χ3v) is 6.68. The molecule has 1 saturated heterocycles. The first kappa shape index (κ1) is 20.9. The van der Waals surface area contributed by atoms with Crippen LogP contribution in [0.1, 0.15) is 17.5 Å². The van der Waals surface area contributed by atoms with E-state index in [9.17, 15) is 0 Å². The van der Waals surface area contributed by atoms with Gasteiger partial charge in [0.1, 0.15) is 12.7 Å². The van der Waals surface area contributed by atoms with Crippen LogP contribution in [0.5, 0.6) is 0 Å². The van der Waals surface area contributed by atoms with Gasteiger partial charge in [0.15, 0.2) is 0 Å². The van der Waals surface area contributed by atoms with E-state index in [1.165, 1.54) is 61.2 Å². The average molecular weight is 429 g/mol. The minimum absolute atomic E-state index is 1.05. The summed E-state index contributed by atoms with van der Waals surface area (Å²) in [6.45, 7) is 10.3. The molecule has 0 amide bonds. The zero-order valence-corrected chi connectivity index (χ0v) is 18.9. The molecule has 0 spiro atoms. The number of nitrogens with zero attached hydrogens (tertiary/aromatic N) is 6. The predicted molar refractivity (Wildman–Crippen MR) is 129 cm³/mol. The van der Waals surface area contributed by atoms with Crippen LogP contribution < -0.4 is 0 Å². The van der Waals surface area contributed by atoms with Gasteiger partial charge in [0.05, 0.1) is 11.2 Å². The molecule has 0 bridgehead atoms. The van der Waals surface area contributed by atoms with Gasteiger partial charge in [-0.2, -0.15) is 0 Å². The van der Waals surface area contributed by atoms with E-state index in [0.29, 0.717) is 0 Å². The first-order valence-corrected chi connectivity index (χ1v) is 11.7. The Bertz CT molecular complexity index is 1120. The summed E-state index contributed by atoms with van der Waals surface area (Å²) in [5.41, 5.74) is 5.17. The minimum atomic E-state index is 1.05. The maximum absolute atomic E-state index is 3.94. The number of fused-ring (bicyclic) bond motifs is 1. The SMILES string of the molecule is Cc1cn(CCCN2CCN(CCc3ccccc3)CC2)c2cc(-n3cnnc3)ccc12. The molecule has 5 rings (SSSR count). The van der Waals surface area contributed by atoms with E-state index in [-0.39, 0.29) is 0 Å². The summed E-state index contributed by atoms with van der Waals surface area (Å²) in [7, 11) is 0. The van der Waals surface area contributed by atoms with Crippen LogP contribution in [0.15, 0.2) is 67.4 Å². The Kier molecular flexibility index (Phi) is 6.32. The van der Waals surface area contributed by atoms with Gasteiger partial charge < -0.3 is 14.4 Å². The summed E-state index contributed by atoms with van der Waals surface area (Å²) in [6.07, 6.45) is 8.12. The second-order valence-electron chi connectivity index (χ2n) is 8.85. The van der Waals surface area contributed by atoms with Crippen molar-refractivity contribution in [3.05, 3.63) is 78.5 Å². The summed E-state index contributed by atoms with van der Waals surface area (Å²) >= 11 is 0. The lowest BCUT2D eigenvalue weighted by Gasteiger charge is -2.34. The van der Waals surface area contributed by atoms with Crippen LogP contribution in [-0.4, -0.2) is 68.4 Å². The number of hydrogen-bond acceptors (Lipinski definition) is 4. The highest BCUT2D eigenvalue weighted by molar-refractivity contribution is 5.85. The predicted octanol–water partition coefficient (Wildman–Crippen LogP) is 3.78. The summed E-state index contributed by atoms with van der Waals surface area (Å²) in [4.78, 5) is 5.24. The maximum Gasteiger partial charge on any atom is 0.123 e. The van der Waals surface area contributed by atoms with Gasteiger partial charge in [-0.1, -0.05) is 36.4 Å². The van der Waals surface area contributed by atoms with Crippen molar-refractivity contribution in [3.63, 3.8) is 0 Å². The van der Waals surface area contributed by atoms with Crippen LogP contribution in [0.25, 0.3) is 16.6 Å². The standard InChI is InChI=1S/C26H32N6/c1-22-19-31(26-18-24(8-9-25(22)26)32-20-27-28-21-32)12-5-11-29-14-16-30(17-15-29)13-10-23-6-3-2-4-7-23/h2-4,6-9,18-21H,5,10-17H2,1H3. The number of aromatic nitrogens is 4. The normalized spacial score (nSPS) is 15.5. The Labute approximate surface area is 190 Å². The van der Waals surface area contributed by atoms with Crippen molar-refractivity contribution in [2.45, 2.75) is 26.3 Å². The lowest BCUT2D eigenvalue weighted by Crippen LogP contribution is -2.47. The van der Waals surface area contributed by atoms with Gasteiger partial charge in [-0.05, 0) is 49.6 Å². The minimum Gasteiger partial charge on any atom is -0.347 e. The van der Waals surface area contributed by atoms with Gasteiger partial charge in [-0.3, -0.25) is 4.57 Å². The molecule has 2 aromatic heterocycles. The van der Waals surface area contributed by atoms with E-state index < -0.39 is 0 Å². The third-order valence-electron chi connectivity index (χ3n) is 6.68. The molecule has 6 nitrogen and oxygen atoms in total. The highest BCUT2D eigenvalue weighted by Crippen LogP contribution is 2.24. The van der Waals surface area contributed by atoms with Gasteiger partial charge >= 0.3 is 0 Å². The zero-order valence-electron chi connectivity index (χ0n) is 18.9. The van der Waals surface area contributed by atoms with E-state index in [1.807, 2.05) is 4.57 Å². The fourth-order valence-corrected chi connectivity index (χ4v) is 4.78. The lowest BCUT2D eigenvalue weighted by molar-refractivity contribution is 0.131. The highest BCUT2D eigenvalue weighted by Gasteiger charge is 2.16. The molecule has 0 radical (unpaired) electrons. The maximum atomic E-state index is 3.94. The summed E-state index contributed by atoms with van der Waals surface area (Å²) in [5.74, 6) is 0. The third kappa shape index (κ3) is 4.76. The topological polar surface area (TPSA) is 42.1 Å². The number of hydrogen-bond donors (Lipinski definition) is 0. The largest absolute Gasteiger partial charge is 0.347 e. The van der Waals surface area contributed by atoms with Crippen LogP contribution >= 0.6 is 0 Å². The Balaban J connectivity index is 1.12. The van der Waals surface area contributed by atoms with Gasteiger partial charge in [-0.15, -0.1) is 10.2 Å². The second kappa shape index (κ2) is 9.67. The van der Waals surface area contributed by atoms with Crippen molar-refractivity contribution in [3.8, 4) is 5.69 Å². The van der Waals surface area contributed by atoms with E-state index >= 15 is 0 Å². The molecule has 0 N–H and O–H groups in total. The summed E-state index contributed by atoms with van der Waals surface area (Å²) in [6, 6.07) is 17.4. The molecule has 2 aromatic carbocycles. The van der Waals surface area contributed by atoms with Crippen LogP contribution in [-0.2, 0) is 13.0 Å². The van der Waals surface area contributed by atoms with Crippen molar-refractivity contribution in [2.24, 2.45) is 0 Å². The Morgan fingerprint density at radius 2 is 1.53 bits per heavy atom. The van der Waals surface area contributed by atoms with E-state index in [4.69, 9.17) is 0 Å². The summed E-state index contributed by atoms with van der Waals surface area (Å²) in [5, 5.41) is 9.20. The van der Waals surface area contributed by atoms with Crippen LogP contribution in [0, 0.1) is 6.92 Å². The molecule has 0 saturated carbocycles. The van der Waals surface area contributed by atoms with Crippen LogP contribution in [0.2, 0.25) is 0 Å². The van der Waals surface area contributed by atoms with Crippen LogP contribution in [0.4, 0.5) is 0 Å². The summed E-state index contributed by atoms with van der Waals surface area (Å²) < 4.78 is 4.37. The number of aryl methyl sites for hydroxylation is 2. The number of piperazine rings is 1. The first-order valence-electron chi connectivity index (χ1n) is 11.7. The molecule has 0 atom stereocenters. The fraction of sp³-hybridized carbons (Fsp3) is 0.385. The number of rotatable bonds is 8. The van der Waals surface area contributed by atoms with E-state index in [0.717, 1.165) is 25.2 Å². The molecule has 1 aliphatic rings. The fourth-order valence-electron chi connectivity index (χ4n) is 4.78. The van der Waals surface area contributed by atoms with Gasteiger partial charge in [0, 0.05) is 50.9 Å². The molecular formula is C26H32N6. The molecule has 1 fully saturated rings. The average Bonchev–Trinajstić information content (AvgIpc) is 3.48. The molecular weight excluding hydrogens is 396 g/mol. The van der Waals surface area contributed by atoms with Crippen molar-refractivity contribution < 1.29 is 0 Å². The van der Waals surface area contributed by atoms with Crippen molar-refractivity contribution >= 4 is 10.9 Å². The van der Waals surface area contributed by atoms with Gasteiger partial charge in [-0.25, -0.2) is 0 Å². The quantitative estimate of drug-likeness (QED) is 0.428. The molecule has 32 heavy (non-hydrogen) atoms. The van der Waals surface area contributed by atoms with Crippen molar-refractivity contribution in [2.75, 3.05) is 39.3 Å². The molecule has 166 valence electrons. The molecule has 0 aliphatic carbocycles. The van der Waals surface area contributed by atoms with E-state index in [2.05, 4.69) is 86.2 Å². The molecule has 0 unspecified atom stereocenters. The Morgan fingerprint density at radius 1 is 0.812 bits per heavy atom. The van der Waals surface area contributed by atoms with Crippen molar-refractivity contribution in [1.29, 1.82) is 0 Å². The Hall–Kier alpha value is -2.96. The van der Waals surface area contributed by atoms with Crippen molar-refractivity contribution in [1.82, 2.24) is 29.1 Å². The highest BCUT2D eigenvalue weighted by atomic mass is 15.3. The first-order chi connectivity index (χ1) is 15.8. The molecule has 1 aliphatic heterocycles. The van der Waals surface area contributed by atoms with Gasteiger partial charge in [0.25, 0.3) is 0 Å². The monoisotopic (exact) mass is 428 g/mol. The van der Waals surface area contributed by atoms with E-state index in [1.54, 1.807) is 12.7 Å². The van der Waals surface area contributed by atoms with Crippen LogP contribution in [0.3, 0.4) is 0 Å². The Morgan fingerprint density at radius 3 is 2.28 bits per heavy atom. The second-order valence-corrected chi connectivity index (χ2v) is 8.85.